The van der Waals surface area contributed by atoms with Gasteiger partial charge in [-0.15, -0.1) is 24.0 Å². The molecule has 26 heavy (non-hydrogen) atoms. The Balaban J connectivity index is 0.00000338. The Labute approximate surface area is 174 Å². The molecule has 0 spiro atoms. The average molecular weight is 482 g/mol. The Morgan fingerprint density at radius 3 is 2.69 bits per heavy atom. The predicted molar refractivity (Wildman–Crippen MR) is 114 cm³/mol. The zero-order chi connectivity index (χ0) is 18.1. The van der Waals surface area contributed by atoms with Crippen LogP contribution in [0.2, 0.25) is 0 Å². The van der Waals surface area contributed by atoms with E-state index in [0.717, 1.165) is 57.6 Å². The number of methoxy groups -OCH3 is 1. The van der Waals surface area contributed by atoms with Crippen LogP contribution in [0.4, 0.5) is 0 Å². The van der Waals surface area contributed by atoms with Crippen LogP contribution >= 0.6 is 24.0 Å². The van der Waals surface area contributed by atoms with Crippen LogP contribution in [0.1, 0.15) is 32.6 Å². The molecular weight excluding hydrogens is 447 g/mol. The first kappa shape index (κ1) is 23.4. The molecule has 1 aliphatic carbocycles. The van der Waals surface area contributed by atoms with Crippen LogP contribution in [0.25, 0.3) is 0 Å². The molecule has 0 aromatic carbocycles. The van der Waals surface area contributed by atoms with Crippen molar-refractivity contribution in [2.45, 2.75) is 38.6 Å². The molecule has 0 aromatic heterocycles. The lowest BCUT2D eigenvalue weighted by molar-refractivity contribution is -0.149. The number of nitrogens with zero attached hydrogens (tertiary/aromatic N) is 3. The van der Waals surface area contributed by atoms with E-state index in [9.17, 15) is 4.79 Å². The Bertz CT molecular complexity index is 446. The first-order valence-electron chi connectivity index (χ1n) is 9.54. The molecule has 2 fully saturated rings. The van der Waals surface area contributed by atoms with Crippen LogP contribution in [-0.4, -0.2) is 87.9 Å². The van der Waals surface area contributed by atoms with Crippen LogP contribution in [-0.2, 0) is 14.3 Å². The van der Waals surface area contributed by atoms with Gasteiger partial charge in [0, 0.05) is 52.9 Å². The Hall–Kier alpha value is -0.610. The summed E-state index contributed by atoms with van der Waals surface area (Å²) in [6, 6.07) is 0.724. The molecule has 152 valence electrons. The molecular formula is C18H35IN4O3. The van der Waals surface area contributed by atoms with E-state index < -0.39 is 0 Å². The molecule has 1 aliphatic heterocycles. The minimum absolute atomic E-state index is 0. The minimum Gasteiger partial charge on any atom is -0.466 e. The lowest BCUT2D eigenvalue weighted by Crippen LogP contribution is -2.49. The maximum atomic E-state index is 12.0. The highest BCUT2D eigenvalue weighted by Gasteiger charge is 2.30. The summed E-state index contributed by atoms with van der Waals surface area (Å²) >= 11 is 0. The van der Waals surface area contributed by atoms with Gasteiger partial charge in [-0.3, -0.25) is 14.7 Å². The van der Waals surface area contributed by atoms with E-state index in [1.807, 2.05) is 6.92 Å². The largest absolute Gasteiger partial charge is 0.466 e. The van der Waals surface area contributed by atoms with Crippen molar-refractivity contribution in [3.8, 4) is 0 Å². The van der Waals surface area contributed by atoms with Gasteiger partial charge < -0.3 is 19.7 Å². The van der Waals surface area contributed by atoms with E-state index in [2.05, 4.69) is 20.1 Å². The first-order chi connectivity index (χ1) is 12.2. The SMILES string of the molecule is CCOC(=O)C1CCCN(C(=NC)NCCN(CCOC)C2CC2)C1.I. The number of piperidine rings is 1. The molecule has 1 N–H and O–H groups in total. The summed E-state index contributed by atoms with van der Waals surface area (Å²) in [4.78, 5) is 21.1. The molecule has 1 saturated heterocycles. The highest BCUT2D eigenvalue weighted by Crippen LogP contribution is 2.26. The van der Waals surface area contributed by atoms with Gasteiger partial charge >= 0.3 is 5.97 Å². The summed E-state index contributed by atoms with van der Waals surface area (Å²) < 4.78 is 10.4. The fourth-order valence-corrected chi connectivity index (χ4v) is 3.39. The van der Waals surface area contributed by atoms with E-state index in [4.69, 9.17) is 9.47 Å². The van der Waals surface area contributed by atoms with Crippen molar-refractivity contribution in [1.82, 2.24) is 15.1 Å². The summed E-state index contributed by atoms with van der Waals surface area (Å²) in [6.45, 7) is 7.53. The second-order valence-corrected chi connectivity index (χ2v) is 6.77. The normalized spacial score (nSPS) is 20.7. The van der Waals surface area contributed by atoms with Crippen molar-refractivity contribution in [3.05, 3.63) is 0 Å². The fraction of sp³-hybridized carbons (Fsp3) is 0.889. The standard InChI is InChI=1S/C18H34N4O3.HI/c1-4-25-17(23)15-6-5-10-22(14-15)18(19-2)20-9-11-21(12-13-24-3)16-7-8-16;/h15-16H,4-14H2,1-3H3,(H,19,20);1H. The van der Waals surface area contributed by atoms with Crippen LogP contribution in [0, 0.1) is 5.92 Å². The van der Waals surface area contributed by atoms with Gasteiger partial charge in [0.05, 0.1) is 19.1 Å². The van der Waals surface area contributed by atoms with Crippen LogP contribution < -0.4 is 5.32 Å². The van der Waals surface area contributed by atoms with E-state index in [1.54, 1.807) is 14.2 Å². The number of guanidine groups is 1. The topological polar surface area (TPSA) is 66.4 Å². The maximum Gasteiger partial charge on any atom is 0.310 e. The third-order valence-corrected chi connectivity index (χ3v) is 4.88. The smallest absolute Gasteiger partial charge is 0.310 e. The lowest BCUT2D eigenvalue weighted by Gasteiger charge is -2.34. The van der Waals surface area contributed by atoms with Gasteiger partial charge in [0.15, 0.2) is 5.96 Å². The summed E-state index contributed by atoms with van der Waals surface area (Å²) in [5.74, 6) is 0.760. The van der Waals surface area contributed by atoms with Crippen LogP contribution in [0.15, 0.2) is 4.99 Å². The van der Waals surface area contributed by atoms with Gasteiger partial charge in [-0.2, -0.15) is 0 Å². The molecule has 1 atom stereocenters. The van der Waals surface area contributed by atoms with Crippen molar-refractivity contribution in [2.24, 2.45) is 10.9 Å². The number of rotatable bonds is 9. The molecule has 2 aliphatic rings. The van der Waals surface area contributed by atoms with Gasteiger partial charge in [-0.05, 0) is 32.6 Å². The Morgan fingerprint density at radius 1 is 1.31 bits per heavy atom. The average Bonchev–Trinajstić information content (AvgIpc) is 3.46. The monoisotopic (exact) mass is 482 g/mol. The maximum absolute atomic E-state index is 12.0. The summed E-state index contributed by atoms with van der Waals surface area (Å²) in [7, 11) is 3.56. The van der Waals surface area contributed by atoms with Gasteiger partial charge in [-0.25, -0.2) is 0 Å². The molecule has 1 unspecified atom stereocenters. The number of ether oxygens (including phenoxy) is 2. The van der Waals surface area contributed by atoms with Crippen molar-refractivity contribution in [3.63, 3.8) is 0 Å². The van der Waals surface area contributed by atoms with Crippen LogP contribution in [0.3, 0.4) is 0 Å². The fourth-order valence-electron chi connectivity index (χ4n) is 3.39. The van der Waals surface area contributed by atoms with Gasteiger partial charge in [0.2, 0.25) is 0 Å². The van der Waals surface area contributed by atoms with Gasteiger partial charge in [-0.1, -0.05) is 0 Å². The zero-order valence-corrected chi connectivity index (χ0v) is 18.7. The van der Waals surface area contributed by atoms with Crippen molar-refractivity contribution in [2.75, 3.05) is 60.1 Å². The number of carbonyl (C=O) groups is 1. The number of carbonyl (C=O) groups excluding carboxylic acids is 1. The van der Waals surface area contributed by atoms with Gasteiger partial charge in [0.25, 0.3) is 0 Å². The predicted octanol–water partition coefficient (Wildman–Crippen LogP) is 1.57. The molecule has 1 saturated carbocycles. The second kappa shape index (κ2) is 12.7. The Kier molecular flexibility index (Phi) is 11.5. The molecule has 2 rings (SSSR count). The highest BCUT2D eigenvalue weighted by atomic mass is 127. The summed E-state index contributed by atoms with van der Waals surface area (Å²) in [5.41, 5.74) is 0. The van der Waals surface area contributed by atoms with E-state index in [0.29, 0.717) is 13.2 Å². The molecule has 0 amide bonds. The van der Waals surface area contributed by atoms with E-state index in [1.165, 1.54) is 12.8 Å². The van der Waals surface area contributed by atoms with E-state index in [-0.39, 0.29) is 35.9 Å². The summed E-state index contributed by atoms with van der Waals surface area (Å²) in [6.07, 6.45) is 4.49. The zero-order valence-electron chi connectivity index (χ0n) is 16.4. The van der Waals surface area contributed by atoms with Crippen molar-refractivity contribution in [1.29, 1.82) is 0 Å². The number of hydrogen-bond donors (Lipinski definition) is 1. The number of nitrogens with one attached hydrogen (secondary N) is 1. The summed E-state index contributed by atoms with van der Waals surface area (Å²) in [5, 5.41) is 3.46. The van der Waals surface area contributed by atoms with Crippen molar-refractivity contribution < 1.29 is 14.3 Å². The van der Waals surface area contributed by atoms with Crippen LogP contribution in [0.5, 0.6) is 0 Å². The molecule has 8 heteroatoms. The molecule has 7 nitrogen and oxygen atoms in total. The third-order valence-electron chi connectivity index (χ3n) is 4.88. The quantitative estimate of drug-likeness (QED) is 0.233. The number of halogens is 1. The molecule has 0 aromatic rings. The molecule has 0 bridgehead atoms. The number of likely N-dealkylation sites (tertiary alicyclic amines) is 1. The molecule has 1 heterocycles. The Morgan fingerprint density at radius 2 is 2.08 bits per heavy atom. The third kappa shape index (κ3) is 7.56. The molecule has 0 radical (unpaired) electrons. The number of esters is 1. The second-order valence-electron chi connectivity index (χ2n) is 6.77. The lowest BCUT2D eigenvalue weighted by atomic mass is 9.98. The highest BCUT2D eigenvalue weighted by molar-refractivity contribution is 14.0. The van der Waals surface area contributed by atoms with Crippen molar-refractivity contribution >= 4 is 35.9 Å². The van der Waals surface area contributed by atoms with E-state index >= 15 is 0 Å². The van der Waals surface area contributed by atoms with Gasteiger partial charge in [0.1, 0.15) is 0 Å². The number of aliphatic imine (C=N–C) groups is 1. The number of hydrogen-bond acceptors (Lipinski definition) is 5. The first-order valence-corrected chi connectivity index (χ1v) is 9.54. The minimum atomic E-state index is -0.0814.